The van der Waals surface area contributed by atoms with Gasteiger partial charge in [0.2, 0.25) is 0 Å². The lowest BCUT2D eigenvalue weighted by atomic mass is 10.1. The summed E-state index contributed by atoms with van der Waals surface area (Å²) in [6, 6.07) is 24.0. The largest absolute Gasteiger partial charge is 0.471 e. The summed E-state index contributed by atoms with van der Waals surface area (Å²) in [6.07, 6.45) is 2.02. The van der Waals surface area contributed by atoms with E-state index in [1.165, 1.54) is 0 Å². The first-order valence-corrected chi connectivity index (χ1v) is 10.9. The molecule has 0 bridgehead atoms. The molecule has 2 aromatic rings. The van der Waals surface area contributed by atoms with Gasteiger partial charge in [-0.1, -0.05) is 100 Å². The lowest BCUT2D eigenvalue weighted by molar-refractivity contribution is 0.280. The van der Waals surface area contributed by atoms with Gasteiger partial charge in [-0.05, 0) is 49.1 Å². The van der Waals surface area contributed by atoms with Crippen molar-refractivity contribution >= 4 is 34.8 Å². The van der Waals surface area contributed by atoms with E-state index in [0.29, 0.717) is 25.0 Å². The molecule has 0 unspecified atom stereocenters. The highest BCUT2D eigenvalue weighted by Gasteiger charge is 1.94. The number of hydrogen-bond acceptors (Lipinski definition) is 4. The van der Waals surface area contributed by atoms with Crippen LogP contribution in [-0.4, -0.2) is 23.6 Å². The SMILES string of the molecule is CC(C)CCOC(N)=S.CC(C)CCOC(N)=S.c1ccccc1.c1ccccc1. The van der Waals surface area contributed by atoms with E-state index in [9.17, 15) is 0 Å². The first-order valence-electron chi connectivity index (χ1n) is 10.1. The predicted octanol–water partition coefficient (Wildman–Crippen LogP) is 5.96. The Balaban J connectivity index is 0. The summed E-state index contributed by atoms with van der Waals surface area (Å²) in [7, 11) is 0. The number of hydrogen-bond donors (Lipinski definition) is 2. The normalized spacial score (nSPS) is 9.00. The Labute approximate surface area is 194 Å². The molecular formula is C24H38N2O2S2. The van der Waals surface area contributed by atoms with E-state index in [4.69, 9.17) is 20.9 Å². The monoisotopic (exact) mass is 450 g/mol. The van der Waals surface area contributed by atoms with Crippen LogP contribution in [0.4, 0.5) is 0 Å². The third kappa shape index (κ3) is 33.4. The van der Waals surface area contributed by atoms with Gasteiger partial charge in [-0.2, -0.15) is 0 Å². The van der Waals surface area contributed by atoms with E-state index in [1.807, 2.05) is 72.8 Å². The summed E-state index contributed by atoms with van der Waals surface area (Å²) >= 11 is 9.01. The topological polar surface area (TPSA) is 70.5 Å². The highest BCUT2D eigenvalue weighted by molar-refractivity contribution is 7.80. The molecule has 0 saturated heterocycles. The molecule has 0 radical (unpaired) electrons. The maximum absolute atomic E-state index is 5.09. The summed E-state index contributed by atoms with van der Waals surface area (Å²) in [6.45, 7) is 9.80. The minimum absolute atomic E-state index is 0.149. The highest BCUT2D eigenvalue weighted by atomic mass is 32.1. The first-order chi connectivity index (χ1) is 14.3. The van der Waals surface area contributed by atoms with Crippen molar-refractivity contribution in [3.05, 3.63) is 72.8 Å². The zero-order valence-electron chi connectivity index (χ0n) is 18.7. The van der Waals surface area contributed by atoms with Gasteiger partial charge in [0.25, 0.3) is 10.3 Å². The van der Waals surface area contributed by atoms with Gasteiger partial charge in [0.15, 0.2) is 0 Å². The van der Waals surface area contributed by atoms with Gasteiger partial charge in [0.1, 0.15) is 0 Å². The van der Waals surface area contributed by atoms with Crippen LogP contribution < -0.4 is 11.5 Å². The molecule has 4 nitrogen and oxygen atoms in total. The number of thiocarbonyl (C=S) groups is 2. The van der Waals surface area contributed by atoms with E-state index in [-0.39, 0.29) is 10.3 Å². The molecule has 0 aliphatic rings. The van der Waals surface area contributed by atoms with Crippen LogP contribution in [0.1, 0.15) is 40.5 Å². The Morgan fingerprint density at radius 3 is 0.900 bits per heavy atom. The minimum Gasteiger partial charge on any atom is -0.471 e. The van der Waals surface area contributed by atoms with Crippen molar-refractivity contribution in [3.63, 3.8) is 0 Å². The van der Waals surface area contributed by atoms with E-state index in [1.54, 1.807) is 0 Å². The van der Waals surface area contributed by atoms with E-state index in [0.717, 1.165) is 12.8 Å². The molecule has 0 fully saturated rings. The molecule has 2 aromatic carbocycles. The van der Waals surface area contributed by atoms with Crippen molar-refractivity contribution in [2.24, 2.45) is 23.3 Å². The smallest absolute Gasteiger partial charge is 0.253 e. The van der Waals surface area contributed by atoms with Crippen LogP contribution >= 0.6 is 24.4 Å². The Morgan fingerprint density at radius 2 is 0.767 bits per heavy atom. The molecule has 6 heteroatoms. The van der Waals surface area contributed by atoms with Crippen LogP contribution in [0.15, 0.2) is 72.8 Å². The summed E-state index contributed by atoms with van der Waals surface area (Å²) < 4.78 is 9.72. The lowest BCUT2D eigenvalue weighted by Crippen LogP contribution is -2.14. The van der Waals surface area contributed by atoms with Crippen LogP contribution in [0, 0.1) is 11.8 Å². The number of ether oxygens (including phenoxy) is 2. The van der Waals surface area contributed by atoms with Crippen LogP contribution in [0.3, 0.4) is 0 Å². The molecule has 2 rings (SSSR count). The van der Waals surface area contributed by atoms with Crippen molar-refractivity contribution in [1.29, 1.82) is 0 Å². The molecule has 0 atom stereocenters. The van der Waals surface area contributed by atoms with Crippen molar-refractivity contribution in [2.45, 2.75) is 40.5 Å². The Kier molecular flexibility index (Phi) is 23.1. The third-order valence-corrected chi connectivity index (χ3v) is 3.45. The van der Waals surface area contributed by atoms with Crippen molar-refractivity contribution in [3.8, 4) is 0 Å². The van der Waals surface area contributed by atoms with Gasteiger partial charge in [-0.15, -0.1) is 0 Å². The fraction of sp³-hybridized carbons (Fsp3) is 0.417. The number of benzene rings is 2. The van der Waals surface area contributed by atoms with Crippen LogP contribution in [0.2, 0.25) is 0 Å². The standard InChI is InChI=1S/2C6H13NOS.2C6H6/c2*1-5(2)3-4-8-6(7)9;2*1-2-4-6-5-3-1/h2*5H,3-4H2,1-2H3,(H2,7,9);2*1-6H. The van der Waals surface area contributed by atoms with E-state index in [2.05, 4.69) is 52.1 Å². The molecule has 168 valence electrons. The van der Waals surface area contributed by atoms with E-state index < -0.39 is 0 Å². The van der Waals surface area contributed by atoms with Gasteiger partial charge in [-0.25, -0.2) is 0 Å². The Bertz CT molecular complexity index is 500. The van der Waals surface area contributed by atoms with Crippen LogP contribution in [-0.2, 0) is 9.47 Å². The average molecular weight is 451 g/mol. The van der Waals surface area contributed by atoms with E-state index >= 15 is 0 Å². The maximum atomic E-state index is 5.09. The fourth-order valence-corrected chi connectivity index (χ4v) is 1.73. The second-order valence-electron chi connectivity index (χ2n) is 7.01. The van der Waals surface area contributed by atoms with Gasteiger partial charge in [0, 0.05) is 0 Å². The van der Waals surface area contributed by atoms with Crippen LogP contribution in [0.25, 0.3) is 0 Å². The minimum atomic E-state index is 0.149. The summed E-state index contributed by atoms with van der Waals surface area (Å²) in [4.78, 5) is 0. The van der Waals surface area contributed by atoms with Gasteiger partial charge in [-0.3, -0.25) is 0 Å². The molecule has 0 aromatic heterocycles. The zero-order chi connectivity index (χ0) is 23.0. The second-order valence-corrected chi connectivity index (χ2v) is 7.81. The highest BCUT2D eigenvalue weighted by Crippen LogP contribution is 1.98. The molecule has 0 aliphatic heterocycles. The van der Waals surface area contributed by atoms with Gasteiger partial charge >= 0.3 is 0 Å². The molecular weight excluding hydrogens is 412 g/mol. The van der Waals surface area contributed by atoms with Crippen LogP contribution in [0.5, 0.6) is 0 Å². The first kappa shape index (κ1) is 30.0. The second kappa shape index (κ2) is 23.1. The maximum Gasteiger partial charge on any atom is 0.253 e. The fourth-order valence-electron chi connectivity index (χ4n) is 1.56. The lowest BCUT2D eigenvalue weighted by Gasteiger charge is -2.04. The Morgan fingerprint density at radius 1 is 0.567 bits per heavy atom. The summed E-state index contributed by atoms with van der Waals surface area (Å²) in [5, 5.41) is 0.298. The number of rotatable bonds is 6. The quantitative estimate of drug-likeness (QED) is 0.529. The average Bonchev–Trinajstić information content (AvgIpc) is 2.71. The van der Waals surface area contributed by atoms with Gasteiger partial charge < -0.3 is 20.9 Å². The number of nitrogens with two attached hydrogens (primary N) is 2. The molecule has 0 amide bonds. The predicted molar refractivity (Wildman–Crippen MR) is 137 cm³/mol. The molecule has 0 saturated carbocycles. The molecule has 0 spiro atoms. The van der Waals surface area contributed by atoms with Crippen molar-refractivity contribution < 1.29 is 9.47 Å². The Hall–Kier alpha value is -2.18. The zero-order valence-corrected chi connectivity index (χ0v) is 20.3. The molecule has 4 N–H and O–H groups in total. The molecule has 0 aliphatic carbocycles. The third-order valence-electron chi connectivity index (χ3n) is 3.21. The summed E-state index contributed by atoms with van der Waals surface area (Å²) in [5.41, 5.74) is 10.2. The van der Waals surface area contributed by atoms with Crippen molar-refractivity contribution in [2.75, 3.05) is 13.2 Å². The van der Waals surface area contributed by atoms with Crippen molar-refractivity contribution in [1.82, 2.24) is 0 Å². The molecule has 0 heterocycles. The van der Waals surface area contributed by atoms with Gasteiger partial charge in [0.05, 0.1) is 13.2 Å². The molecule has 30 heavy (non-hydrogen) atoms. The summed E-state index contributed by atoms with van der Waals surface area (Å²) in [5.74, 6) is 1.30.